The fraction of sp³-hybridized carbons (Fsp3) is 0.438. The molecule has 0 atom stereocenters. The monoisotopic (exact) mass is 269 g/mol. The Bertz CT molecular complexity index is 643. The van der Waals surface area contributed by atoms with Gasteiger partial charge >= 0.3 is 0 Å². The van der Waals surface area contributed by atoms with Gasteiger partial charge in [0.1, 0.15) is 11.6 Å². The highest BCUT2D eigenvalue weighted by Crippen LogP contribution is 2.46. The summed E-state index contributed by atoms with van der Waals surface area (Å²) in [5.74, 6) is 2.07. The van der Waals surface area contributed by atoms with Gasteiger partial charge in [-0.05, 0) is 49.4 Å². The standard InChI is InChI=1S/C16H19N3O/c17-10-16(5-6-16)15-18-9-13(19-15)11-3-4-14-12(8-11)2-1-7-20-14/h3-4,8-9H,1-2,5-7,10,17H2,(H,18,19). The Balaban J connectivity index is 1.67. The number of hydrogen-bond acceptors (Lipinski definition) is 3. The Hall–Kier alpha value is -1.81. The maximum absolute atomic E-state index is 5.86. The van der Waals surface area contributed by atoms with E-state index in [4.69, 9.17) is 10.5 Å². The average molecular weight is 269 g/mol. The molecule has 0 amide bonds. The summed E-state index contributed by atoms with van der Waals surface area (Å²) in [5, 5.41) is 0. The molecule has 0 unspecified atom stereocenters. The summed E-state index contributed by atoms with van der Waals surface area (Å²) in [6.45, 7) is 1.51. The van der Waals surface area contributed by atoms with Gasteiger partial charge in [-0.15, -0.1) is 0 Å². The van der Waals surface area contributed by atoms with E-state index in [0.29, 0.717) is 6.54 Å². The van der Waals surface area contributed by atoms with Crippen LogP contribution in [0.15, 0.2) is 24.4 Å². The topological polar surface area (TPSA) is 63.9 Å². The zero-order valence-electron chi connectivity index (χ0n) is 11.5. The maximum Gasteiger partial charge on any atom is 0.122 e. The smallest absolute Gasteiger partial charge is 0.122 e. The van der Waals surface area contributed by atoms with Gasteiger partial charge < -0.3 is 15.5 Å². The molecule has 2 heterocycles. The molecule has 2 aromatic rings. The van der Waals surface area contributed by atoms with Crippen LogP contribution in [0.1, 0.15) is 30.7 Å². The summed E-state index contributed by atoms with van der Waals surface area (Å²) in [6.07, 6.45) is 6.41. The molecule has 0 spiro atoms. The number of nitrogens with one attached hydrogen (secondary N) is 1. The van der Waals surface area contributed by atoms with Crippen LogP contribution in [-0.2, 0) is 11.8 Å². The second-order valence-electron chi connectivity index (χ2n) is 5.90. The van der Waals surface area contributed by atoms with Gasteiger partial charge in [-0.25, -0.2) is 4.98 Å². The van der Waals surface area contributed by atoms with Crippen molar-refractivity contribution in [2.75, 3.05) is 13.2 Å². The van der Waals surface area contributed by atoms with Gasteiger partial charge in [0.05, 0.1) is 18.5 Å². The quantitative estimate of drug-likeness (QED) is 0.899. The summed E-state index contributed by atoms with van der Waals surface area (Å²) in [6, 6.07) is 6.39. The fourth-order valence-corrected chi connectivity index (χ4v) is 2.95. The number of aryl methyl sites for hydroxylation is 1. The lowest BCUT2D eigenvalue weighted by molar-refractivity contribution is 0.288. The molecule has 0 bridgehead atoms. The Kier molecular flexibility index (Phi) is 2.60. The maximum atomic E-state index is 5.86. The van der Waals surface area contributed by atoms with Gasteiger partial charge in [0, 0.05) is 17.5 Å². The number of hydrogen-bond donors (Lipinski definition) is 2. The number of ether oxygens (including phenoxy) is 1. The van der Waals surface area contributed by atoms with E-state index in [2.05, 4.69) is 28.2 Å². The van der Waals surface area contributed by atoms with Crippen LogP contribution < -0.4 is 10.5 Å². The Morgan fingerprint density at radius 3 is 3.05 bits per heavy atom. The summed E-state index contributed by atoms with van der Waals surface area (Å²) < 4.78 is 5.66. The van der Waals surface area contributed by atoms with Crippen LogP contribution in [0.4, 0.5) is 0 Å². The lowest BCUT2D eigenvalue weighted by Crippen LogP contribution is -2.21. The molecule has 1 aromatic carbocycles. The molecule has 1 fully saturated rings. The van der Waals surface area contributed by atoms with E-state index in [9.17, 15) is 0 Å². The minimum absolute atomic E-state index is 0.121. The third-order valence-electron chi connectivity index (χ3n) is 4.54. The largest absolute Gasteiger partial charge is 0.493 e. The van der Waals surface area contributed by atoms with Crippen LogP contribution in [-0.4, -0.2) is 23.1 Å². The van der Waals surface area contributed by atoms with Crippen molar-refractivity contribution in [3.8, 4) is 17.0 Å². The van der Waals surface area contributed by atoms with E-state index in [1.165, 1.54) is 11.1 Å². The van der Waals surface area contributed by atoms with Crippen molar-refractivity contribution in [2.45, 2.75) is 31.1 Å². The van der Waals surface area contributed by atoms with E-state index in [0.717, 1.165) is 49.6 Å². The first-order valence-electron chi connectivity index (χ1n) is 7.32. The highest BCUT2D eigenvalue weighted by molar-refractivity contribution is 5.62. The van der Waals surface area contributed by atoms with E-state index < -0.39 is 0 Å². The number of fused-ring (bicyclic) bond motifs is 1. The van der Waals surface area contributed by atoms with Crippen molar-refractivity contribution in [2.24, 2.45) is 5.73 Å². The third-order valence-corrected chi connectivity index (χ3v) is 4.54. The number of nitrogens with zero attached hydrogens (tertiary/aromatic N) is 1. The third kappa shape index (κ3) is 1.83. The highest BCUT2D eigenvalue weighted by atomic mass is 16.5. The molecule has 2 aliphatic rings. The van der Waals surface area contributed by atoms with E-state index in [1.54, 1.807) is 0 Å². The molecule has 20 heavy (non-hydrogen) atoms. The molecule has 3 N–H and O–H groups in total. The van der Waals surface area contributed by atoms with E-state index in [1.807, 2.05) is 6.20 Å². The molecule has 1 aliphatic heterocycles. The summed E-state index contributed by atoms with van der Waals surface area (Å²) >= 11 is 0. The van der Waals surface area contributed by atoms with Crippen molar-refractivity contribution in [3.05, 3.63) is 35.8 Å². The molecule has 0 radical (unpaired) electrons. The zero-order chi connectivity index (χ0) is 13.6. The van der Waals surface area contributed by atoms with Crippen molar-refractivity contribution in [3.63, 3.8) is 0 Å². The van der Waals surface area contributed by atoms with Gasteiger partial charge in [0.25, 0.3) is 0 Å². The van der Waals surface area contributed by atoms with Crippen LogP contribution in [0.5, 0.6) is 5.75 Å². The fourth-order valence-electron chi connectivity index (χ4n) is 2.95. The van der Waals surface area contributed by atoms with Crippen molar-refractivity contribution < 1.29 is 4.74 Å². The molecular formula is C16H19N3O. The number of H-pyrrole nitrogens is 1. The summed E-state index contributed by atoms with van der Waals surface area (Å²) in [7, 11) is 0. The van der Waals surface area contributed by atoms with Gasteiger partial charge in [-0.3, -0.25) is 0 Å². The Morgan fingerprint density at radius 2 is 2.25 bits per heavy atom. The summed E-state index contributed by atoms with van der Waals surface area (Å²) in [5.41, 5.74) is 9.54. The Labute approximate surface area is 118 Å². The second kappa shape index (κ2) is 4.35. The van der Waals surface area contributed by atoms with Crippen LogP contribution in [0.2, 0.25) is 0 Å². The number of aromatic amines is 1. The van der Waals surface area contributed by atoms with Crippen LogP contribution in [0.25, 0.3) is 11.3 Å². The predicted octanol–water partition coefficient (Wildman–Crippen LogP) is 2.39. The van der Waals surface area contributed by atoms with Crippen molar-refractivity contribution in [1.82, 2.24) is 9.97 Å². The predicted molar refractivity (Wildman–Crippen MR) is 77.8 cm³/mol. The molecular weight excluding hydrogens is 250 g/mol. The zero-order valence-corrected chi connectivity index (χ0v) is 11.5. The van der Waals surface area contributed by atoms with E-state index >= 15 is 0 Å². The molecule has 4 rings (SSSR count). The first-order valence-corrected chi connectivity index (χ1v) is 7.32. The normalized spacial score (nSPS) is 19.2. The highest BCUT2D eigenvalue weighted by Gasteiger charge is 2.45. The number of imidazole rings is 1. The molecule has 1 saturated carbocycles. The number of rotatable bonds is 3. The molecule has 104 valence electrons. The lowest BCUT2D eigenvalue weighted by atomic mass is 10.0. The molecule has 0 saturated heterocycles. The van der Waals surface area contributed by atoms with Crippen LogP contribution in [0, 0.1) is 0 Å². The lowest BCUT2D eigenvalue weighted by Gasteiger charge is -2.17. The minimum Gasteiger partial charge on any atom is -0.493 e. The van der Waals surface area contributed by atoms with Crippen molar-refractivity contribution in [1.29, 1.82) is 0 Å². The summed E-state index contributed by atoms with van der Waals surface area (Å²) in [4.78, 5) is 8.00. The van der Waals surface area contributed by atoms with Crippen molar-refractivity contribution >= 4 is 0 Å². The van der Waals surface area contributed by atoms with E-state index in [-0.39, 0.29) is 5.41 Å². The number of benzene rings is 1. The second-order valence-corrected chi connectivity index (χ2v) is 5.90. The van der Waals surface area contributed by atoms with Crippen LogP contribution >= 0.6 is 0 Å². The first kappa shape index (κ1) is 12.0. The average Bonchev–Trinajstić information content (AvgIpc) is 3.15. The van der Waals surface area contributed by atoms with Gasteiger partial charge in [0.15, 0.2) is 0 Å². The Morgan fingerprint density at radius 1 is 1.35 bits per heavy atom. The molecule has 1 aromatic heterocycles. The van der Waals surface area contributed by atoms with Gasteiger partial charge in [-0.2, -0.15) is 0 Å². The first-order chi connectivity index (χ1) is 9.81. The molecule has 4 heteroatoms. The van der Waals surface area contributed by atoms with Gasteiger partial charge in [-0.1, -0.05) is 0 Å². The minimum atomic E-state index is 0.121. The van der Waals surface area contributed by atoms with Crippen LogP contribution in [0.3, 0.4) is 0 Å². The van der Waals surface area contributed by atoms with Gasteiger partial charge in [0.2, 0.25) is 0 Å². The molecule has 1 aliphatic carbocycles. The number of nitrogens with two attached hydrogens (primary N) is 1. The SMILES string of the molecule is NCC1(c2ncc(-c3ccc4c(c3)CCCO4)[nH]2)CC1. The molecule has 4 nitrogen and oxygen atoms in total. The number of aromatic nitrogens is 2.